The summed E-state index contributed by atoms with van der Waals surface area (Å²) in [6.45, 7) is 5.04. The molecule has 0 atom stereocenters. The molecular formula is C13H16F2INO3. The highest BCUT2D eigenvalue weighted by atomic mass is 127. The van der Waals surface area contributed by atoms with Crippen LogP contribution in [0.25, 0.3) is 0 Å². The molecule has 1 amide bonds. The molecule has 1 aromatic carbocycles. The summed E-state index contributed by atoms with van der Waals surface area (Å²) in [4.78, 5) is 11.5. The molecule has 0 aliphatic heterocycles. The second kappa shape index (κ2) is 6.55. The molecule has 20 heavy (non-hydrogen) atoms. The van der Waals surface area contributed by atoms with Gasteiger partial charge in [-0.25, -0.2) is 13.6 Å². The molecule has 0 bridgehead atoms. The van der Waals surface area contributed by atoms with Gasteiger partial charge in [-0.15, -0.1) is 0 Å². The number of hydrogen-bond acceptors (Lipinski definition) is 3. The molecule has 0 fully saturated rings. The molecule has 1 aromatic rings. The van der Waals surface area contributed by atoms with Crippen LogP contribution in [0.15, 0.2) is 6.07 Å². The van der Waals surface area contributed by atoms with Gasteiger partial charge < -0.3 is 14.8 Å². The molecule has 0 unspecified atom stereocenters. The fourth-order valence-corrected chi connectivity index (χ4v) is 2.04. The number of alkyl carbamates (subject to hydrolysis) is 1. The van der Waals surface area contributed by atoms with Crippen molar-refractivity contribution in [3.63, 3.8) is 0 Å². The highest BCUT2D eigenvalue weighted by Crippen LogP contribution is 2.28. The van der Waals surface area contributed by atoms with Crippen molar-refractivity contribution in [1.82, 2.24) is 5.32 Å². The molecule has 0 radical (unpaired) electrons. The first-order chi connectivity index (χ1) is 9.15. The Balaban J connectivity index is 2.84. The second-order valence-electron chi connectivity index (χ2n) is 5.03. The minimum Gasteiger partial charge on any atom is -0.491 e. The molecule has 112 valence electrons. The van der Waals surface area contributed by atoms with Crippen molar-refractivity contribution < 1.29 is 23.0 Å². The van der Waals surface area contributed by atoms with Crippen LogP contribution in [0.4, 0.5) is 13.6 Å². The Morgan fingerprint density at radius 3 is 2.45 bits per heavy atom. The SMILES string of the molecule is COc1c(F)c(I)cc(CNC(=O)OC(C)(C)C)c1F. The maximum atomic E-state index is 13.9. The number of benzene rings is 1. The van der Waals surface area contributed by atoms with Gasteiger partial charge in [-0.2, -0.15) is 0 Å². The van der Waals surface area contributed by atoms with E-state index in [4.69, 9.17) is 4.74 Å². The van der Waals surface area contributed by atoms with E-state index in [9.17, 15) is 13.6 Å². The van der Waals surface area contributed by atoms with Crippen molar-refractivity contribution in [3.05, 3.63) is 26.8 Å². The van der Waals surface area contributed by atoms with Crippen LogP contribution >= 0.6 is 22.6 Å². The predicted molar refractivity (Wildman–Crippen MR) is 78.7 cm³/mol. The zero-order valence-corrected chi connectivity index (χ0v) is 13.8. The Morgan fingerprint density at radius 2 is 1.95 bits per heavy atom. The van der Waals surface area contributed by atoms with Gasteiger partial charge in [0, 0.05) is 12.1 Å². The molecule has 0 spiro atoms. The van der Waals surface area contributed by atoms with E-state index in [1.54, 1.807) is 43.4 Å². The van der Waals surface area contributed by atoms with E-state index in [-0.39, 0.29) is 15.7 Å². The average molecular weight is 399 g/mol. The maximum absolute atomic E-state index is 13.9. The van der Waals surface area contributed by atoms with Gasteiger partial charge in [0.05, 0.1) is 10.7 Å². The zero-order chi connectivity index (χ0) is 15.5. The van der Waals surface area contributed by atoms with E-state index in [0.29, 0.717) is 0 Å². The summed E-state index contributed by atoms with van der Waals surface area (Å²) >= 11 is 1.73. The van der Waals surface area contributed by atoms with Gasteiger partial charge in [-0.05, 0) is 49.4 Å². The Hall–Kier alpha value is -1.12. The Morgan fingerprint density at radius 1 is 1.35 bits per heavy atom. The first-order valence-electron chi connectivity index (χ1n) is 5.83. The summed E-state index contributed by atoms with van der Waals surface area (Å²) in [5, 5.41) is 2.41. The Labute approximate surface area is 130 Å². The lowest BCUT2D eigenvalue weighted by Crippen LogP contribution is -2.32. The number of carbonyl (C=O) groups excluding carboxylic acids is 1. The minimum absolute atomic E-state index is 0.118. The van der Waals surface area contributed by atoms with Gasteiger partial charge in [0.25, 0.3) is 0 Å². The van der Waals surface area contributed by atoms with Crippen LogP contribution in [-0.4, -0.2) is 18.8 Å². The zero-order valence-electron chi connectivity index (χ0n) is 11.6. The standard InChI is InChI=1S/C13H16F2INO3/c1-13(2,3)20-12(18)17-6-7-5-8(16)10(15)11(19-4)9(7)14/h5H,6H2,1-4H3,(H,17,18). The number of rotatable bonds is 3. The topological polar surface area (TPSA) is 47.6 Å². The first-order valence-corrected chi connectivity index (χ1v) is 6.90. The molecule has 0 saturated carbocycles. The molecule has 1 rings (SSSR count). The van der Waals surface area contributed by atoms with Crippen molar-refractivity contribution in [2.75, 3.05) is 7.11 Å². The first kappa shape index (κ1) is 16.9. The van der Waals surface area contributed by atoms with E-state index in [1.165, 1.54) is 13.2 Å². The number of hydrogen-bond donors (Lipinski definition) is 1. The highest BCUT2D eigenvalue weighted by molar-refractivity contribution is 14.1. The van der Waals surface area contributed by atoms with E-state index in [1.807, 2.05) is 0 Å². The van der Waals surface area contributed by atoms with E-state index >= 15 is 0 Å². The van der Waals surface area contributed by atoms with Crippen molar-refractivity contribution in [2.45, 2.75) is 32.9 Å². The fraction of sp³-hybridized carbons (Fsp3) is 0.462. The quantitative estimate of drug-likeness (QED) is 0.624. The summed E-state index contributed by atoms with van der Waals surface area (Å²) in [5.74, 6) is -2.05. The third-order valence-electron chi connectivity index (χ3n) is 2.22. The van der Waals surface area contributed by atoms with Crippen molar-refractivity contribution in [1.29, 1.82) is 0 Å². The molecule has 7 heteroatoms. The van der Waals surface area contributed by atoms with Gasteiger partial charge in [0.1, 0.15) is 5.60 Å². The van der Waals surface area contributed by atoms with Crippen LogP contribution in [0.3, 0.4) is 0 Å². The average Bonchev–Trinajstić information content (AvgIpc) is 2.31. The number of amides is 1. The fourth-order valence-electron chi connectivity index (χ4n) is 1.42. The Bertz CT molecular complexity index is 515. The lowest BCUT2D eigenvalue weighted by molar-refractivity contribution is 0.0523. The molecule has 4 nitrogen and oxygen atoms in total. The number of halogens is 3. The molecule has 0 aromatic heterocycles. The van der Waals surface area contributed by atoms with E-state index in [0.717, 1.165) is 0 Å². The lowest BCUT2D eigenvalue weighted by atomic mass is 10.2. The third-order valence-corrected chi connectivity index (χ3v) is 3.00. The van der Waals surface area contributed by atoms with E-state index in [2.05, 4.69) is 10.1 Å². The van der Waals surface area contributed by atoms with Crippen LogP contribution in [0, 0.1) is 15.2 Å². The monoisotopic (exact) mass is 399 g/mol. The smallest absolute Gasteiger partial charge is 0.407 e. The van der Waals surface area contributed by atoms with Crippen LogP contribution in [0.2, 0.25) is 0 Å². The Kier molecular flexibility index (Phi) is 5.55. The van der Waals surface area contributed by atoms with Gasteiger partial charge in [0.15, 0.2) is 17.4 Å². The summed E-state index contributed by atoms with van der Waals surface area (Å²) in [6.07, 6.45) is -0.671. The van der Waals surface area contributed by atoms with Crippen molar-refractivity contribution in [2.24, 2.45) is 0 Å². The third kappa shape index (κ3) is 4.46. The number of methoxy groups -OCH3 is 1. The van der Waals surface area contributed by atoms with Crippen molar-refractivity contribution >= 4 is 28.7 Å². The number of ether oxygens (including phenoxy) is 2. The van der Waals surface area contributed by atoms with Crippen LogP contribution < -0.4 is 10.1 Å². The predicted octanol–water partition coefficient (Wildman–Crippen LogP) is 3.60. The summed E-state index contributed by atoms with van der Waals surface area (Å²) in [7, 11) is 1.18. The maximum Gasteiger partial charge on any atom is 0.407 e. The van der Waals surface area contributed by atoms with Gasteiger partial charge in [-0.1, -0.05) is 0 Å². The molecule has 0 aliphatic carbocycles. The summed E-state index contributed by atoms with van der Waals surface area (Å²) in [5.41, 5.74) is -0.518. The molecular weight excluding hydrogens is 383 g/mol. The van der Waals surface area contributed by atoms with Gasteiger partial charge >= 0.3 is 6.09 Å². The summed E-state index contributed by atoms with van der Waals surface area (Å²) in [6, 6.07) is 1.31. The number of carbonyl (C=O) groups is 1. The van der Waals surface area contributed by atoms with Crippen LogP contribution in [0.5, 0.6) is 5.75 Å². The highest BCUT2D eigenvalue weighted by Gasteiger charge is 2.20. The second-order valence-corrected chi connectivity index (χ2v) is 6.20. The van der Waals surface area contributed by atoms with Crippen LogP contribution in [-0.2, 0) is 11.3 Å². The van der Waals surface area contributed by atoms with E-state index < -0.39 is 29.1 Å². The normalized spacial score (nSPS) is 11.2. The van der Waals surface area contributed by atoms with Gasteiger partial charge in [0.2, 0.25) is 0 Å². The number of nitrogens with one attached hydrogen (secondary N) is 1. The summed E-state index contributed by atoms with van der Waals surface area (Å²) < 4.78 is 37.4. The molecule has 0 saturated heterocycles. The van der Waals surface area contributed by atoms with Crippen molar-refractivity contribution in [3.8, 4) is 5.75 Å². The lowest BCUT2D eigenvalue weighted by Gasteiger charge is -2.20. The largest absolute Gasteiger partial charge is 0.491 e. The minimum atomic E-state index is -0.832. The van der Waals surface area contributed by atoms with Crippen LogP contribution in [0.1, 0.15) is 26.3 Å². The molecule has 0 aliphatic rings. The van der Waals surface area contributed by atoms with Gasteiger partial charge in [-0.3, -0.25) is 0 Å². The molecule has 0 heterocycles. The molecule has 1 N–H and O–H groups in total.